The van der Waals surface area contributed by atoms with Crippen LogP contribution in [0.3, 0.4) is 0 Å². The van der Waals surface area contributed by atoms with Crippen molar-refractivity contribution in [1.82, 2.24) is 0 Å². The number of fused-ring (bicyclic) bond motifs is 1. The maximum absolute atomic E-state index is 6.27. The van der Waals surface area contributed by atoms with Gasteiger partial charge in [-0.1, -0.05) is 34.1 Å². The fraction of sp³-hybridized carbons (Fsp3) is 0.250. The van der Waals surface area contributed by atoms with Gasteiger partial charge >= 0.3 is 0 Å². The van der Waals surface area contributed by atoms with Crippen molar-refractivity contribution in [1.29, 1.82) is 0 Å². The second-order valence-corrected chi connectivity index (χ2v) is 5.82. The molecule has 3 rings (SSSR count). The highest BCUT2D eigenvalue weighted by molar-refractivity contribution is 9.10. The van der Waals surface area contributed by atoms with Crippen molar-refractivity contribution in [2.24, 2.45) is 5.73 Å². The van der Waals surface area contributed by atoms with Gasteiger partial charge in [0.1, 0.15) is 17.6 Å². The van der Waals surface area contributed by atoms with Crippen LogP contribution in [0, 0.1) is 0 Å². The second kappa shape index (κ2) is 5.46. The number of hydrogen-bond donors (Lipinski definition) is 1. The molecule has 20 heavy (non-hydrogen) atoms. The molecule has 0 saturated heterocycles. The largest absolute Gasteiger partial charge is 0.497 e. The maximum atomic E-state index is 6.27. The second-order valence-electron chi connectivity index (χ2n) is 4.90. The van der Waals surface area contributed by atoms with Crippen LogP contribution in [0.2, 0.25) is 0 Å². The van der Waals surface area contributed by atoms with E-state index in [0.717, 1.165) is 33.5 Å². The van der Waals surface area contributed by atoms with E-state index in [2.05, 4.69) is 28.1 Å². The van der Waals surface area contributed by atoms with Crippen LogP contribution in [0.4, 0.5) is 0 Å². The minimum absolute atomic E-state index is 0.0155. The first kappa shape index (κ1) is 13.5. The fourth-order valence-electron chi connectivity index (χ4n) is 2.49. The maximum Gasteiger partial charge on any atom is 0.128 e. The minimum Gasteiger partial charge on any atom is -0.497 e. The first-order chi connectivity index (χ1) is 9.67. The van der Waals surface area contributed by atoms with E-state index in [4.69, 9.17) is 15.2 Å². The van der Waals surface area contributed by atoms with E-state index in [1.54, 1.807) is 7.11 Å². The molecule has 1 heterocycles. The Hall–Kier alpha value is -1.52. The molecule has 0 spiro atoms. The highest BCUT2D eigenvalue weighted by Crippen LogP contribution is 2.41. The summed E-state index contributed by atoms with van der Waals surface area (Å²) in [7, 11) is 1.65. The van der Waals surface area contributed by atoms with Gasteiger partial charge in [-0.25, -0.2) is 0 Å². The molecule has 0 bridgehead atoms. The zero-order valence-electron chi connectivity index (χ0n) is 11.2. The number of halogens is 1. The molecule has 0 amide bonds. The number of hydrogen-bond acceptors (Lipinski definition) is 3. The van der Waals surface area contributed by atoms with Gasteiger partial charge in [0.05, 0.1) is 7.11 Å². The quantitative estimate of drug-likeness (QED) is 0.903. The van der Waals surface area contributed by atoms with Crippen LogP contribution < -0.4 is 15.2 Å². The van der Waals surface area contributed by atoms with Crippen LogP contribution in [0.1, 0.15) is 29.7 Å². The predicted octanol–water partition coefficient (Wildman–Crippen LogP) is 3.98. The lowest BCUT2D eigenvalue weighted by Crippen LogP contribution is -2.24. The molecule has 4 heteroatoms. The Labute approximate surface area is 126 Å². The third kappa shape index (κ3) is 2.53. The summed E-state index contributed by atoms with van der Waals surface area (Å²) in [5.74, 6) is 1.60. The first-order valence-electron chi connectivity index (χ1n) is 6.53. The lowest BCUT2D eigenvalue weighted by Gasteiger charge is -2.30. The molecule has 3 nitrogen and oxygen atoms in total. The lowest BCUT2D eigenvalue weighted by molar-refractivity contribution is 0.161. The summed E-state index contributed by atoms with van der Waals surface area (Å²) >= 11 is 3.44. The Balaban J connectivity index is 1.92. The highest BCUT2D eigenvalue weighted by atomic mass is 79.9. The first-order valence-corrected chi connectivity index (χ1v) is 7.32. The summed E-state index contributed by atoms with van der Waals surface area (Å²) in [6.07, 6.45) is 0.763. The van der Waals surface area contributed by atoms with Crippen LogP contribution in [0.5, 0.6) is 11.5 Å². The Morgan fingerprint density at radius 2 is 1.95 bits per heavy atom. The van der Waals surface area contributed by atoms with Crippen molar-refractivity contribution in [3.8, 4) is 11.5 Å². The molecule has 0 radical (unpaired) electrons. The summed E-state index contributed by atoms with van der Waals surface area (Å²) in [4.78, 5) is 0. The van der Waals surface area contributed by atoms with Gasteiger partial charge in [0, 0.05) is 28.6 Å². The predicted molar refractivity (Wildman–Crippen MR) is 82.1 cm³/mol. The van der Waals surface area contributed by atoms with Gasteiger partial charge in [0.2, 0.25) is 0 Å². The van der Waals surface area contributed by atoms with E-state index in [-0.39, 0.29) is 12.1 Å². The molecule has 2 aromatic rings. The van der Waals surface area contributed by atoms with Crippen LogP contribution in [0.25, 0.3) is 0 Å². The van der Waals surface area contributed by atoms with Gasteiger partial charge in [-0.2, -0.15) is 0 Å². The fourth-order valence-corrected chi connectivity index (χ4v) is 2.75. The van der Waals surface area contributed by atoms with Crippen molar-refractivity contribution >= 4 is 15.9 Å². The monoisotopic (exact) mass is 333 g/mol. The molecule has 0 saturated carbocycles. The zero-order valence-corrected chi connectivity index (χ0v) is 12.8. The molecule has 0 aromatic heterocycles. The average molecular weight is 334 g/mol. The topological polar surface area (TPSA) is 44.5 Å². The third-order valence-corrected chi connectivity index (χ3v) is 4.13. The molecular weight excluding hydrogens is 318 g/mol. The van der Waals surface area contributed by atoms with Crippen molar-refractivity contribution in [3.63, 3.8) is 0 Å². The average Bonchev–Trinajstić information content (AvgIpc) is 2.47. The van der Waals surface area contributed by atoms with Gasteiger partial charge in [-0.05, 0) is 23.8 Å². The Kier molecular flexibility index (Phi) is 3.68. The summed E-state index contributed by atoms with van der Waals surface area (Å²) < 4.78 is 12.4. The smallest absolute Gasteiger partial charge is 0.128 e. The zero-order chi connectivity index (χ0) is 14.1. The minimum atomic E-state index is -0.0160. The van der Waals surface area contributed by atoms with Crippen LogP contribution in [0.15, 0.2) is 46.9 Å². The number of benzene rings is 2. The van der Waals surface area contributed by atoms with E-state index in [9.17, 15) is 0 Å². The molecule has 2 aromatic carbocycles. The van der Waals surface area contributed by atoms with Gasteiger partial charge in [-0.3, -0.25) is 0 Å². The molecule has 0 aliphatic carbocycles. The van der Waals surface area contributed by atoms with Gasteiger partial charge < -0.3 is 15.2 Å². The Bertz CT molecular complexity index is 612. The van der Waals surface area contributed by atoms with E-state index >= 15 is 0 Å². The molecule has 1 aliphatic heterocycles. The summed E-state index contributed by atoms with van der Waals surface area (Å²) in [5, 5.41) is 0. The van der Waals surface area contributed by atoms with Gasteiger partial charge in [0.25, 0.3) is 0 Å². The molecule has 104 valence electrons. The van der Waals surface area contributed by atoms with E-state index in [1.165, 1.54) is 0 Å². The van der Waals surface area contributed by atoms with Gasteiger partial charge in [0.15, 0.2) is 0 Å². The summed E-state index contributed by atoms with van der Waals surface area (Å²) in [5.41, 5.74) is 8.44. The number of methoxy groups -OCH3 is 1. The highest BCUT2D eigenvalue weighted by Gasteiger charge is 2.27. The Morgan fingerprint density at radius 1 is 1.20 bits per heavy atom. The van der Waals surface area contributed by atoms with Crippen LogP contribution >= 0.6 is 15.9 Å². The summed E-state index contributed by atoms with van der Waals surface area (Å²) in [6.45, 7) is 0. The van der Waals surface area contributed by atoms with Crippen molar-refractivity contribution < 1.29 is 9.47 Å². The summed E-state index contributed by atoms with van der Waals surface area (Å²) in [6, 6.07) is 14.0. The molecule has 2 unspecified atom stereocenters. The van der Waals surface area contributed by atoms with E-state index < -0.39 is 0 Å². The molecular formula is C16H16BrNO2. The standard InChI is InChI=1S/C16H16BrNO2/c1-19-12-6-7-13-14(18)9-15(20-16(13)8-12)10-2-4-11(17)5-3-10/h2-8,14-15H,9,18H2,1H3. The molecule has 2 N–H and O–H groups in total. The normalized spacial score (nSPS) is 20.9. The van der Waals surface area contributed by atoms with Crippen molar-refractivity contribution in [2.75, 3.05) is 7.11 Å². The number of rotatable bonds is 2. The van der Waals surface area contributed by atoms with Crippen LogP contribution in [-0.4, -0.2) is 7.11 Å². The van der Waals surface area contributed by atoms with Crippen LogP contribution in [-0.2, 0) is 0 Å². The van der Waals surface area contributed by atoms with E-state index in [1.807, 2.05) is 30.3 Å². The van der Waals surface area contributed by atoms with Gasteiger partial charge in [-0.15, -0.1) is 0 Å². The van der Waals surface area contributed by atoms with Crippen molar-refractivity contribution in [2.45, 2.75) is 18.6 Å². The lowest BCUT2D eigenvalue weighted by atomic mass is 9.93. The molecule has 0 fully saturated rings. The third-order valence-electron chi connectivity index (χ3n) is 3.60. The Morgan fingerprint density at radius 3 is 2.65 bits per heavy atom. The van der Waals surface area contributed by atoms with Crippen molar-refractivity contribution in [3.05, 3.63) is 58.1 Å². The molecule has 1 aliphatic rings. The van der Waals surface area contributed by atoms with E-state index in [0.29, 0.717) is 0 Å². The molecule has 2 atom stereocenters. The number of nitrogens with two attached hydrogens (primary N) is 1. The SMILES string of the molecule is COc1ccc2c(c1)OC(c1ccc(Br)cc1)CC2N. The number of ether oxygens (including phenoxy) is 2.